The van der Waals surface area contributed by atoms with Gasteiger partial charge in [-0.05, 0) is 63.9 Å². The fourth-order valence-corrected chi connectivity index (χ4v) is 2.98. The van der Waals surface area contributed by atoms with Gasteiger partial charge in [-0.3, -0.25) is 0 Å². The topological polar surface area (TPSA) is 23.8 Å². The van der Waals surface area contributed by atoms with Crippen molar-refractivity contribution in [3.8, 4) is 6.07 Å². The maximum absolute atomic E-state index is 9.41. The molecule has 0 bridgehead atoms. The van der Waals surface area contributed by atoms with E-state index in [1.807, 2.05) is 0 Å². The van der Waals surface area contributed by atoms with Gasteiger partial charge in [0, 0.05) is 0 Å². The Morgan fingerprint density at radius 1 is 0.938 bits per heavy atom. The van der Waals surface area contributed by atoms with Crippen molar-refractivity contribution in [2.45, 2.75) is 64.7 Å². The van der Waals surface area contributed by atoms with Gasteiger partial charge in [-0.1, -0.05) is 17.6 Å². The van der Waals surface area contributed by atoms with Crippen molar-refractivity contribution in [1.29, 1.82) is 5.26 Å². The first kappa shape index (κ1) is 11.5. The van der Waals surface area contributed by atoms with Gasteiger partial charge in [0.25, 0.3) is 0 Å². The molecule has 0 aromatic carbocycles. The summed E-state index contributed by atoms with van der Waals surface area (Å²) in [5.41, 5.74) is 5.38. The minimum absolute atomic E-state index is 1.07. The van der Waals surface area contributed by atoms with Crippen LogP contribution in [0.1, 0.15) is 64.7 Å². The molecule has 0 spiro atoms. The van der Waals surface area contributed by atoms with E-state index in [0.29, 0.717) is 0 Å². The third-order valence-electron chi connectivity index (χ3n) is 3.97. The summed E-state index contributed by atoms with van der Waals surface area (Å²) in [4.78, 5) is 0. The van der Waals surface area contributed by atoms with E-state index in [4.69, 9.17) is 0 Å². The second-order valence-corrected chi connectivity index (χ2v) is 5.12. The zero-order chi connectivity index (χ0) is 11.4. The summed E-state index contributed by atoms with van der Waals surface area (Å²) in [5.74, 6) is 0. The Labute approximate surface area is 98.9 Å². The Kier molecular flexibility index (Phi) is 3.83. The summed E-state index contributed by atoms with van der Waals surface area (Å²) in [6, 6.07) is 2.49. The number of hydrogen-bond acceptors (Lipinski definition) is 1. The van der Waals surface area contributed by atoms with E-state index >= 15 is 0 Å². The maximum Gasteiger partial charge on any atom is 0.0994 e. The highest BCUT2D eigenvalue weighted by molar-refractivity contribution is 5.48. The van der Waals surface area contributed by atoms with E-state index in [9.17, 15) is 5.26 Å². The van der Waals surface area contributed by atoms with Gasteiger partial charge in [-0.25, -0.2) is 0 Å². The lowest BCUT2D eigenvalue weighted by molar-refractivity contribution is 0.593. The van der Waals surface area contributed by atoms with Gasteiger partial charge in [0.05, 0.1) is 11.6 Å². The molecule has 0 heterocycles. The predicted molar refractivity (Wildman–Crippen MR) is 66.9 cm³/mol. The summed E-state index contributed by atoms with van der Waals surface area (Å²) in [6.45, 7) is 2.22. The zero-order valence-electron chi connectivity index (χ0n) is 10.3. The molecule has 0 saturated heterocycles. The van der Waals surface area contributed by atoms with Crippen molar-refractivity contribution in [3.63, 3.8) is 0 Å². The zero-order valence-corrected chi connectivity index (χ0v) is 10.3. The van der Waals surface area contributed by atoms with E-state index in [-0.39, 0.29) is 0 Å². The molecule has 0 aromatic heterocycles. The van der Waals surface area contributed by atoms with E-state index < -0.39 is 0 Å². The highest BCUT2D eigenvalue weighted by Crippen LogP contribution is 2.35. The molecule has 0 atom stereocenters. The summed E-state index contributed by atoms with van der Waals surface area (Å²) in [5, 5.41) is 9.41. The molecule has 0 radical (unpaired) electrons. The molecule has 86 valence electrons. The molecule has 2 aliphatic rings. The Morgan fingerprint density at radius 3 is 2.19 bits per heavy atom. The molecule has 2 rings (SSSR count). The molecule has 1 heteroatoms. The van der Waals surface area contributed by atoms with Crippen LogP contribution >= 0.6 is 0 Å². The largest absolute Gasteiger partial charge is 0.192 e. The molecule has 0 aromatic rings. The van der Waals surface area contributed by atoms with Crippen molar-refractivity contribution in [3.05, 3.63) is 22.3 Å². The summed E-state index contributed by atoms with van der Waals surface area (Å²) < 4.78 is 0. The van der Waals surface area contributed by atoms with Crippen LogP contribution in [0.5, 0.6) is 0 Å². The first-order valence-electron chi connectivity index (χ1n) is 6.64. The van der Waals surface area contributed by atoms with Crippen molar-refractivity contribution >= 4 is 0 Å². The molecule has 0 unspecified atom stereocenters. The van der Waals surface area contributed by atoms with Crippen LogP contribution in [0, 0.1) is 11.3 Å². The van der Waals surface area contributed by atoms with E-state index in [1.165, 1.54) is 68.1 Å². The molecular weight excluding hydrogens is 194 g/mol. The van der Waals surface area contributed by atoms with Crippen LogP contribution < -0.4 is 0 Å². The highest BCUT2D eigenvalue weighted by atomic mass is 14.3. The molecule has 1 saturated carbocycles. The maximum atomic E-state index is 9.41. The van der Waals surface area contributed by atoms with Crippen molar-refractivity contribution in [2.75, 3.05) is 0 Å². The summed E-state index contributed by atoms with van der Waals surface area (Å²) in [7, 11) is 0. The van der Waals surface area contributed by atoms with Crippen LogP contribution in [0.3, 0.4) is 0 Å². The van der Waals surface area contributed by atoms with Crippen LogP contribution in [0.25, 0.3) is 0 Å². The fourth-order valence-electron chi connectivity index (χ4n) is 2.98. The fraction of sp³-hybridized carbons (Fsp3) is 0.667. The van der Waals surface area contributed by atoms with Crippen molar-refractivity contribution in [2.24, 2.45) is 0 Å². The Bertz CT molecular complexity index is 357. The molecule has 16 heavy (non-hydrogen) atoms. The van der Waals surface area contributed by atoms with Gasteiger partial charge in [-0.15, -0.1) is 0 Å². The molecule has 1 fully saturated rings. The lowest BCUT2D eigenvalue weighted by Gasteiger charge is -2.21. The van der Waals surface area contributed by atoms with Crippen LogP contribution in [0.2, 0.25) is 0 Å². The highest BCUT2D eigenvalue weighted by Gasteiger charge is 2.18. The van der Waals surface area contributed by atoms with Crippen LogP contribution in [-0.2, 0) is 0 Å². The molecule has 2 aliphatic carbocycles. The summed E-state index contributed by atoms with van der Waals surface area (Å²) in [6.07, 6.45) is 11.2. The minimum atomic E-state index is 1.07. The van der Waals surface area contributed by atoms with Gasteiger partial charge >= 0.3 is 0 Å². The monoisotopic (exact) mass is 215 g/mol. The normalized spacial score (nSPS) is 21.9. The Hall–Kier alpha value is -1.03. The van der Waals surface area contributed by atoms with Gasteiger partial charge in [0.1, 0.15) is 0 Å². The van der Waals surface area contributed by atoms with Crippen molar-refractivity contribution < 1.29 is 0 Å². The van der Waals surface area contributed by atoms with Gasteiger partial charge in [0.2, 0.25) is 0 Å². The van der Waals surface area contributed by atoms with Crippen LogP contribution in [-0.4, -0.2) is 0 Å². The SMILES string of the molecule is CC1=C(C(C#N)=C2CCCCC2)CCCC1. The third-order valence-corrected chi connectivity index (χ3v) is 3.97. The molecule has 1 nitrogen and oxygen atoms in total. The average molecular weight is 215 g/mol. The van der Waals surface area contributed by atoms with Crippen LogP contribution in [0.15, 0.2) is 22.3 Å². The second-order valence-electron chi connectivity index (χ2n) is 5.12. The Balaban J connectivity index is 2.31. The first-order chi connectivity index (χ1) is 7.83. The summed E-state index contributed by atoms with van der Waals surface area (Å²) >= 11 is 0. The smallest absolute Gasteiger partial charge is 0.0994 e. The molecular formula is C15H21N. The standard InChI is InChI=1S/C15H21N/c1-12-7-5-6-10-14(12)15(11-16)13-8-3-2-4-9-13/h2-10H2,1H3. The third kappa shape index (κ3) is 2.38. The van der Waals surface area contributed by atoms with Gasteiger partial charge in [0.15, 0.2) is 0 Å². The minimum Gasteiger partial charge on any atom is -0.192 e. The number of rotatable bonds is 1. The van der Waals surface area contributed by atoms with E-state index in [2.05, 4.69) is 13.0 Å². The van der Waals surface area contributed by atoms with Crippen LogP contribution in [0.4, 0.5) is 0 Å². The molecule has 0 aliphatic heterocycles. The number of hydrogen-bond donors (Lipinski definition) is 0. The number of allylic oxidation sites excluding steroid dienone is 4. The van der Waals surface area contributed by atoms with E-state index in [0.717, 1.165) is 12.0 Å². The first-order valence-corrected chi connectivity index (χ1v) is 6.64. The quantitative estimate of drug-likeness (QED) is 0.583. The van der Waals surface area contributed by atoms with Gasteiger partial charge < -0.3 is 0 Å². The number of nitriles is 1. The average Bonchev–Trinajstić information content (AvgIpc) is 2.34. The number of nitrogens with zero attached hydrogens (tertiary/aromatic N) is 1. The molecule has 0 amide bonds. The Morgan fingerprint density at radius 2 is 1.56 bits per heavy atom. The second kappa shape index (κ2) is 5.34. The lowest BCUT2D eigenvalue weighted by Crippen LogP contribution is -2.04. The lowest BCUT2D eigenvalue weighted by atomic mass is 9.82. The predicted octanol–water partition coefficient (Wildman–Crippen LogP) is 4.66. The molecule has 0 N–H and O–H groups in total. The van der Waals surface area contributed by atoms with Gasteiger partial charge in [-0.2, -0.15) is 5.26 Å². The van der Waals surface area contributed by atoms with Crippen molar-refractivity contribution in [1.82, 2.24) is 0 Å². The van der Waals surface area contributed by atoms with E-state index in [1.54, 1.807) is 0 Å².